The molecule has 0 spiro atoms. The van der Waals surface area contributed by atoms with Crippen molar-refractivity contribution in [3.05, 3.63) is 66.5 Å². The van der Waals surface area contributed by atoms with E-state index in [4.69, 9.17) is 11.6 Å². The lowest BCUT2D eigenvalue weighted by atomic mass is 10.2. The highest BCUT2D eigenvalue weighted by Gasteiger charge is 2.10. The molecule has 1 aromatic carbocycles. The number of nitro groups is 1. The summed E-state index contributed by atoms with van der Waals surface area (Å²) in [5.41, 5.74) is -0.0571. The average Bonchev–Trinajstić information content (AvgIpc) is 2.99. The second-order valence-corrected chi connectivity index (χ2v) is 6.41. The molecule has 0 bridgehead atoms. The van der Waals surface area contributed by atoms with Gasteiger partial charge in [-0.1, -0.05) is 18.5 Å². The van der Waals surface area contributed by atoms with Gasteiger partial charge in [-0.3, -0.25) is 14.9 Å². The molecule has 3 aromatic rings. The number of thiophene rings is 1. The molecule has 0 unspecified atom stereocenters. The van der Waals surface area contributed by atoms with E-state index in [1.54, 1.807) is 0 Å². The van der Waals surface area contributed by atoms with E-state index in [0.29, 0.717) is 20.8 Å². The molecule has 0 amide bonds. The van der Waals surface area contributed by atoms with Crippen LogP contribution in [-0.4, -0.2) is 20.8 Å². The summed E-state index contributed by atoms with van der Waals surface area (Å²) in [5, 5.41) is 15.7. The highest BCUT2D eigenvalue weighted by atomic mass is 35.5. The van der Waals surface area contributed by atoms with Crippen LogP contribution in [0.25, 0.3) is 10.2 Å². The van der Waals surface area contributed by atoms with Gasteiger partial charge in [0.05, 0.1) is 16.5 Å². The van der Waals surface area contributed by atoms with Crippen molar-refractivity contribution in [3.8, 4) is 0 Å². The molecular formula is C15H11ClN4O3S. The number of hydrogen-bond acceptors (Lipinski definition) is 6. The molecule has 0 saturated carbocycles. The minimum Gasteiger partial charge on any atom is -0.267 e. The Labute approximate surface area is 145 Å². The fourth-order valence-electron chi connectivity index (χ4n) is 2.09. The van der Waals surface area contributed by atoms with E-state index >= 15 is 0 Å². The third-order valence-corrected chi connectivity index (χ3v) is 4.88. The van der Waals surface area contributed by atoms with Crippen LogP contribution in [0.1, 0.15) is 17.4 Å². The van der Waals surface area contributed by atoms with Gasteiger partial charge in [-0.25, -0.2) is 4.98 Å². The van der Waals surface area contributed by atoms with Gasteiger partial charge in [0.2, 0.25) is 0 Å². The second-order valence-electron chi connectivity index (χ2n) is 4.89. The van der Waals surface area contributed by atoms with E-state index in [9.17, 15) is 14.9 Å². The molecule has 2 aromatic heterocycles. The van der Waals surface area contributed by atoms with Gasteiger partial charge < -0.3 is 0 Å². The SMILES string of the molecule is CCc1cc2c(=O)n(/N=C\c3cc([N+](=O)[O-])ccc3Cl)cnc2s1. The number of benzene rings is 1. The summed E-state index contributed by atoms with van der Waals surface area (Å²) in [6.45, 7) is 2.01. The van der Waals surface area contributed by atoms with Gasteiger partial charge in [-0.2, -0.15) is 9.78 Å². The first-order chi connectivity index (χ1) is 11.5. The summed E-state index contributed by atoms with van der Waals surface area (Å²) in [7, 11) is 0. The minimum atomic E-state index is -0.523. The number of nitro benzene ring substituents is 1. The zero-order chi connectivity index (χ0) is 17.3. The number of nitrogens with zero attached hydrogens (tertiary/aromatic N) is 4. The molecule has 0 radical (unpaired) electrons. The second kappa shape index (κ2) is 6.50. The van der Waals surface area contributed by atoms with E-state index in [0.717, 1.165) is 16.0 Å². The molecule has 0 N–H and O–H groups in total. The third-order valence-electron chi connectivity index (χ3n) is 3.35. The zero-order valence-corrected chi connectivity index (χ0v) is 14.0. The molecule has 0 aliphatic rings. The summed E-state index contributed by atoms with van der Waals surface area (Å²) in [4.78, 5) is 28.7. The van der Waals surface area contributed by atoms with Gasteiger partial charge in [0.25, 0.3) is 11.2 Å². The highest BCUT2D eigenvalue weighted by Crippen LogP contribution is 2.22. The first kappa shape index (κ1) is 16.3. The van der Waals surface area contributed by atoms with Crippen molar-refractivity contribution >= 4 is 45.1 Å². The van der Waals surface area contributed by atoms with Gasteiger partial charge in [-0.15, -0.1) is 11.3 Å². The average molecular weight is 363 g/mol. The summed E-state index contributed by atoms with van der Waals surface area (Å²) < 4.78 is 1.09. The summed E-state index contributed by atoms with van der Waals surface area (Å²) in [5.74, 6) is 0. The normalized spacial score (nSPS) is 11.4. The Bertz CT molecular complexity index is 1030. The van der Waals surface area contributed by atoms with E-state index in [-0.39, 0.29) is 11.2 Å². The van der Waals surface area contributed by atoms with Crippen LogP contribution in [0.2, 0.25) is 5.02 Å². The van der Waals surface area contributed by atoms with Crippen LogP contribution in [0.3, 0.4) is 0 Å². The largest absolute Gasteiger partial charge is 0.282 e. The van der Waals surface area contributed by atoms with Gasteiger partial charge in [0.15, 0.2) is 0 Å². The fraction of sp³-hybridized carbons (Fsp3) is 0.133. The maximum Gasteiger partial charge on any atom is 0.282 e. The number of fused-ring (bicyclic) bond motifs is 1. The Balaban J connectivity index is 2.02. The molecule has 122 valence electrons. The van der Waals surface area contributed by atoms with Gasteiger partial charge >= 0.3 is 0 Å². The lowest BCUT2D eigenvalue weighted by Gasteiger charge is -1.99. The van der Waals surface area contributed by atoms with Crippen LogP contribution in [0.15, 0.2) is 40.5 Å². The molecular weight excluding hydrogens is 352 g/mol. The Hall–Kier alpha value is -2.58. The molecule has 9 heteroatoms. The number of hydrogen-bond donors (Lipinski definition) is 0. The number of aromatic nitrogens is 2. The molecule has 0 aliphatic carbocycles. The zero-order valence-electron chi connectivity index (χ0n) is 12.5. The molecule has 24 heavy (non-hydrogen) atoms. The monoisotopic (exact) mass is 362 g/mol. The Morgan fingerprint density at radius 1 is 1.46 bits per heavy atom. The van der Waals surface area contributed by atoms with Crippen molar-refractivity contribution in [3.63, 3.8) is 0 Å². The van der Waals surface area contributed by atoms with Crippen molar-refractivity contribution < 1.29 is 4.92 Å². The highest BCUT2D eigenvalue weighted by molar-refractivity contribution is 7.18. The fourth-order valence-corrected chi connectivity index (χ4v) is 3.18. The molecule has 0 fully saturated rings. The standard InChI is InChI=1S/C15H11ClN4O3S/c1-2-11-6-12-14(24-11)17-8-19(15(12)21)18-7-9-5-10(20(22)23)3-4-13(9)16/h3-8H,2H2,1H3/b18-7-. The number of aryl methyl sites for hydroxylation is 1. The van der Waals surface area contributed by atoms with Crippen LogP contribution >= 0.6 is 22.9 Å². The molecule has 0 atom stereocenters. The van der Waals surface area contributed by atoms with Crippen molar-refractivity contribution in [1.29, 1.82) is 0 Å². The van der Waals surface area contributed by atoms with Crippen LogP contribution in [0, 0.1) is 10.1 Å². The predicted octanol–water partition coefficient (Wildman–Crippen LogP) is 3.46. The third kappa shape index (κ3) is 3.06. The van der Waals surface area contributed by atoms with Crippen molar-refractivity contribution in [2.45, 2.75) is 13.3 Å². The van der Waals surface area contributed by atoms with Gasteiger partial charge in [0, 0.05) is 27.6 Å². The van der Waals surface area contributed by atoms with E-state index < -0.39 is 4.92 Å². The van der Waals surface area contributed by atoms with Crippen LogP contribution in [0.5, 0.6) is 0 Å². The Morgan fingerprint density at radius 2 is 2.25 bits per heavy atom. The molecule has 7 nitrogen and oxygen atoms in total. The minimum absolute atomic E-state index is 0.104. The summed E-state index contributed by atoms with van der Waals surface area (Å²) in [6, 6.07) is 5.82. The quantitative estimate of drug-likeness (QED) is 0.403. The van der Waals surface area contributed by atoms with Crippen molar-refractivity contribution in [2.75, 3.05) is 0 Å². The van der Waals surface area contributed by atoms with Crippen LogP contribution in [-0.2, 0) is 6.42 Å². The van der Waals surface area contributed by atoms with Crippen molar-refractivity contribution in [1.82, 2.24) is 9.66 Å². The molecule has 0 saturated heterocycles. The first-order valence-corrected chi connectivity index (χ1v) is 8.17. The topological polar surface area (TPSA) is 90.4 Å². The number of rotatable bonds is 4. The predicted molar refractivity (Wildman–Crippen MR) is 94.4 cm³/mol. The van der Waals surface area contributed by atoms with E-state index in [2.05, 4.69) is 10.1 Å². The van der Waals surface area contributed by atoms with Crippen molar-refractivity contribution in [2.24, 2.45) is 5.10 Å². The maximum atomic E-state index is 12.4. The molecule has 2 heterocycles. The first-order valence-electron chi connectivity index (χ1n) is 6.98. The van der Waals surface area contributed by atoms with E-state index in [1.165, 1.54) is 42.1 Å². The van der Waals surface area contributed by atoms with Crippen LogP contribution in [0.4, 0.5) is 5.69 Å². The van der Waals surface area contributed by atoms with Gasteiger partial charge in [-0.05, 0) is 18.6 Å². The smallest absolute Gasteiger partial charge is 0.267 e. The lowest BCUT2D eigenvalue weighted by Crippen LogP contribution is -2.16. The maximum absolute atomic E-state index is 12.4. The summed E-state index contributed by atoms with van der Waals surface area (Å²) >= 11 is 7.48. The molecule has 3 rings (SSSR count). The summed E-state index contributed by atoms with van der Waals surface area (Å²) in [6.07, 6.45) is 3.45. The Morgan fingerprint density at radius 3 is 2.96 bits per heavy atom. The van der Waals surface area contributed by atoms with E-state index in [1.807, 2.05) is 13.0 Å². The number of halogens is 1. The Kier molecular flexibility index (Phi) is 4.41. The van der Waals surface area contributed by atoms with Crippen LogP contribution < -0.4 is 5.56 Å². The number of non-ortho nitro benzene ring substituents is 1. The van der Waals surface area contributed by atoms with Gasteiger partial charge in [0.1, 0.15) is 11.2 Å². The molecule has 0 aliphatic heterocycles. The lowest BCUT2D eigenvalue weighted by molar-refractivity contribution is -0.384.